The van der Waals surface area contributed by atoms with E-state index in [1.807, 2.05) is 38.1 Å². The number of carboxylic acids is 1. The number of urea groups is 1. The van der Waals surface area contributed by atoms with Gasteiger partial charge in [0.05, 0.1) is 6.04 Å². The molecule has 1 unspecified atom stereocenters. The number of para-hydroxylation sites is 1. The number of carboxylic acid groups (broad SMARTS) is 1. The Morgan fingerprint density at radius 1 is 1.32 bits per heavy atom. The molecule has 0 bridgehead atoms. The Morgan fingerprint density at radius 2 is 2.05 bits per heavy atom. The maximum Gasteiger partial charge on any atom is 0.315 e. The number of hydrogen-bond donors (Lipinski definition) is 3. The zero-order chi connectivity index (χ0) is 16.1. The van der Waals surface area contributed by atoms with Crippen LogP contribution in [0.3, 0.4) is 0 Å². The number of benzene rings is 1. The lowest BCUT2D eigenvalue weighted by molar-refractivity contribution is -0.137. The van der Waals surface area contributed by atoms with Crippen LogP contribution in [0, 0.1) is 6.92 Å². The van der Waals surface area contributed by atoms with Gasteiger partial charge in [-0.3, -0.25) is 4.79 Å². The Balaban J connectivity index is 1.93. The highest BCUT2D eigenvalue weighted by Crippen LogP contribution is 2.28. The number of aryl methyl sites for hydroxylation is 1. The van der Waals surface area contributed by atoms with Crippen molar-refractivity contribution in [3.05, 3.63) is 35.6 Å². The lowest BCUT2D eigenvalue weighted by Crippen LogP contribution is -2.37. The van der Waals surface area contributed by atoms with Crippen LogP contribution in [0.15, 0.2) is 28.7 Å². The number of amides is 2. The Bertz CT molecular complexity index is 678. The van der Waals surface area contributed by atoms with E-state index in [2.05, 4.69) is 10.6 Å². The van der Waals surface area contributed by atoms with Crippen molar-refractivity contribution in [2.75, 3.05) is 6.54 Å². The first kappa shape index (κ1) is 15.9. The highest BCUT2D eigenvalue weighted by atomic mass is 16.4. The third kappa shape index (κ3) is 3.78. The van der Waals surface area contributed by atoms with Gasteiger partial charge in [0, 0.05) is 23.9 Å². The fourth-order valence-electron chi connectivity index (χ4n) is 2.36. The Kier molecular flexibility index (Phi) is 5.04. The quantitative estimate of drug-likeness (QED) is 0.715. The summed E-state index contributed by atoms with van der Waals surface area (Å²) in [5.41, 5.74) is 1.81. The molecule has 1 heterocycles. The van der Waals surface area contributed by atoms with Crippen LogP contribution in [0.1, 0.15) is 37.1 Å². The molecule has 6 nitrogen and oxygen atoms in total. The van der Waals surface area contributed by atoms with Crippen LogP contribution in [-0.2, 0) is 4.79 Å². The molecule has 0 aliphatic rings. The number of rotatable bonds is 6. The molecule has 0 radical (unpaired) electrons. The summed E-state index contributed by atoms with van der Waals surface area (Å²) < 4.78 is 5.80. The minimum atomic E-state index is -0.867. The summed E-state index contributed by atoms with van der Waals surface area (Å²) >= 11 is 0. The molecule has 0 aliphatic heterocycles. The summed E-state index contributed by atoms with van der Waals surface area (Å²) in [4.78, 5) is 22.2. The van der Waals surface area contributed by atoms with Crippen molar-refractivity contribution in [3.8, 4) is 0 Å². The van der Waals surface area contributed by atoms with E-state index < -0.39 is 5.97 Å². The van der Waals surface area contributed by atoms with Gasteiger partial charge in [-0.2, -0.15) is 0 Å². The Hall–Kier alpha value is -2.50. The van der Waals surface area contributed by atoms with E-state index in [-0.39, 0.29) is 18.5 Å². The van der Waals surface area contributed by atoms with Crippen LogP contribution < -0.4 is 10.6 Å². The maximum atomic E-state index is 11.8. The van der Waals surface area contributed by atoms with E-state index in [0.717, 1.165) is 22.3 Å². The van der Waals surface area contributed by atoms with E-state index in [9.17, 15) is 9.59 Å². The predicted molar refractivity (Wildman–Crippen MR) is 82.8 cm³/mol. The second-order valence-corrected chi connectivity index (χ2v) is 5.21. The van der Waals surface area contributed by atoms with Gasteiger partial charge in [0.25, 0.3) is 0 Å². The fraction of sp³-hybridized carbons (Fsp3) is 0.375. The van der Waals surface area contributed by atoms with Crippen molar-refractivity contribution < 1.29 is 19.1 Å². The maximum absolute atomic E-state index is 11.8. The van der Waals surface area contributed by atoms with Crippen molar-refractivity contribution in [3.63, 3.8) is 0 Å². The molecule has 118 valence electrons. The Labute approximate surface area is 128 Å². The van der Waals surface area contributed by atoms with Crippen LogP contribution in [-0.4, -0.2) is 23.7 Å². The molecule has 0 aliphatic carbocycles. The first-order valence-corrected chi connectivity index (χ1v) is 7.23. The van der Waals surface area contributed by atoms with Gasteiger partial charge >= 0.3 is 12.0 Å². The van der Waals surface area contributed by atoms with Crippen LogP contribution in [0.5, 0.6) is 0 Å². The van der Waals surface area contributed by atoms with E-state index in [4.69, 9.17) is 9.52 Å². The Morgan fingerprint density at radius 3 is 2.73 bits per heavy atom. The third-order valence-corrected chi connectivity index (χ3v) is 3.47. The first-order chi connectivity index (χ1) is 10.5. The highest BCUT2D eigenvalue weighted by molar-refractivity contribution is 5.82. The van der Waals surface area contributed by atoms with Crippen LogP contribution in [0.25, 0.3) is 11.0 Å². The van der Waals surface area contributed by atoms with Gasteiger partial charge in [-0.15, -0.1) is 0 Å². The highest BCUT2D eigenvalue weighted by Gasteiger charge is 2.17. The SMILES string of the molecule is Cc1c(C(C)NC(=O)NCCCC(=O)O)oc2ccccc12. The van der Waals surface area contributed by atoms with Crippen molar-refractivity contribution in [2.45, 2.75) is 32.7 Å². The van der Waals surface area contributed by atoms with Crippen molar-refractivity contribution >= 4 is 23.0 Å². The number of hydrogen-bond acceptors (Lipinski definition) is 3. The van der Waals surface area contributed by atoms with Gasteiger partial charge in [-0.25, -0.2) is 4.79 Å². The molecule has 0 saturated heterocycles. The molecule has 1 aromatic heterocycles. The largest absolute Gasteiger partial charge is 0.481 e. The summed E-state index contributed by atoms with van der Waals surface area (Å²) in [6, 6.07) is 7.12. The van der Waals surface area contributed by atoms with Gasteiger partial charge in [0.2, 0.25) is 0 Å². The number of furan rings is 1. The normalized spacial score (nSPS) is 12.1. The van der Waals surface area contributed by atoms with E-state index in [0.29, 0.717) is 13.0 Å². The van der Waals surface area contributed by atoms with E-state index in [1.54, 1.807) is 0 Å². The molecule has 2 amide bonds. The minimum absolute atomic E-state index is 0.0402. The molecule has 1 aromatic carbocycles. The number of carbonyl (C=O) groups excluding carboxylic acids is 1. The fourth-order valence-corrected chi connectivity index (χ4v) is 2.36. The molecule has 0 fully saturated rings. The average Bonchev–Trinajstić information content (AvgIpc) is 2.81. The molecular formula is C16H20N2O4. The topological polar surface area (TPSA) is 91.6 Å². The van der Waals surface area contributed by atoms with Crippen LogP contribution in [0.2, 0.25) is 0 Å². The summed E-state index contributed by atoms with van der Waals surface area (Å²) in [5.74, 6) is -0.143. The second-order valence-electron chi connectivity index (χ2n) is 5.21. The summed E-state index contributed by atoms with van der Waals surface area (Å²) in [6.45, 7) is 4.13. The average molecular weight is 304 g/mol. The van der Waals surface area contributed by atoms with E-state index >= 15 is 0 Å². The van der Waals surface area contributed by atoms with Gasteiger partial charge in [0.1, 0.15) is 11.3 Å². The number of carbonyl (C=O) groups is 2. The lowest BCUT2D eigenvalue weighted by atomic mass is 10.1. The number of fused-ring (bicyclic) bond motifs is 1. The second kappa shape index (κ2) is 6.98. The molecule has 2 aromatic rings. The summed E-state index contributed by atoms with van der Waals surface area (Å²) in [5, 5.41) is 15.0. The molecule has 22 heavy (non-hydrogen) atoms. The molecule has 0 spiro atoms. The minimum Gasteiger partial charge on any atom is -0.481 e. The summed E-state index contributed by atoms with van der Waals surface area (Å²) in [7, 11) is 0. The van der Waals surface area contributed by atoms with Gasteiger partial charge in [-0.1, -0.05) is 18.2 Å². The molecule has 2 rings (SSSR count). The van der Waals surface area contributed by atoms with Crippen LogP contribution in [0.4, 0.5) is 4.79 Å². The lowest BCUT2D eigenvalue weighted by Gasteiger charge is -2.13. The van der Waals surface area contributed by atoms with E-state index in [1.165, 1.54) is 0 Å². The van der Waals surface area contributed by atoms with Gasteiger partial charge in [0.15, 0.2) is 0 Å². The predicted octanol–water partition coefficient (Wildman–Crippen LogP) is 2.97. The number of aliphatic carboxylic acids is 1. The molecular weight excluding hydrogens is 284 g/mol. The third-order valence-electron chi connectivity index (χ3n) is 3.47. The summed E-state index contributed by atoms with van der Waals surface area (Å²) in [6.07, 6.45) is 0.444. The zero-order valence-corrected chi connectivity index (χ0v) is 12.7. The van der Waals surface area contributed by atoms with Gasteiger partial charge < -0.3 is 20.2 Å². The van der Waals surface area contributed by atoms with Crippen LogP contribution >= 0.6 is 0 Å². The number of nitrogens with one attached hydrogen (secondary N) is 2. The molecule has 6 heteroatoms. The van der Waals surface area contributed by atoms with Crippen molar-refractivity contribution in [2.24, 2.45) is 0 Å². The zero-order valence-electron chi connectivity index (χ0n) is 12.7. The van der Waals surface area contributed by atoms with Crippen molar-refractivity contribution in [1.29, 1.82) is 0 Å². The molecule has 3 N–H and O–H groups in total. The smallest absolute Gasteiger partial charge is 0.315 e. The monoisotopic (exact) mass is 304 g/mol. The molecule has 0 saturated carbocycles. The van der Waals surface area contributed by atoms with Gasteiger partial charge in [-0.05, 0) is 26.3 Å². The molecule has 1 atom stereocenters. The first-order valence-electron chi connectivity index (χ1n) is 7.23. The standard InChI is InChI=1S/C16H20N2O4/c1-10-12-6-3-4-7-13(12)22-15(10)11(2)18-16(21)17-9-5-8-14(19)20/h3-4,6-7,11H,5,8-9H2,1-2H3,(H,19,20)(H2,17,18,21). The van der Waals surface area contributed by atoms with Crippen molar-refractivity contribution in [1.82, 2.24) is 10.6 Å².